The number of benzene rings is 1. The quantitative estimate of drug-likeness (QED) is 0.226. The number of amides is 1. The number of ether oxygens (including phenoxy) is 5. The van der Waals surface area contributed by atoms with Gasteiger partial charge in [-0.15, -0.1) is 0 Å². The maximum Gasteiger partial charge on any atom is 0.311 e. The van der Waals surface area contributed by atoms with Gasteiger partial charge in [0.2, 0.25) is 6.79 Å². The molecule has 0 aliphatic rings. The summed E-state index contributed by atoms with van der Waals surface area (Å²) in [6.45, 7) is 3.66. The highest BCUT2D eigenvalue weighted by Gasteiger charge is 2.33. The molecule has 11 heteroatoms. The number of pyridine rings is 1. The van der Waals surface area contributed by atoms with E-state index >= 15 is 0 Å². The lowest BCUT2D eigenvalue weighted by Crippen LogP contribution is -2.52. The summed E-state index contributed by atoms with van der Waals surface area (Å²) in [5.74, 6) is -2.32. The topological polar surface area (TPSA) is 139 Å². The monoisotopic (exact) mass is 516 g/mol. The minimum absolute atomic E-state index is 0.0695. The molecule has 0 unspecified atom stereocenters. The van der Waals surface area contributed by atoms with Crippen LogP contribution in [0.2, 0.25) is 0 Å². The summed E-state index contributed by atoms with van der Waals surface area (Å²) in [5, 5.41) is 2.58. The summed E-state index contributed by atoms with van der Waals surface area (Å²) >= 11 is 0. The van der Waals surface area contributed by atoms with Crippen LogP contribution in [-0.4, -0.2) is 68.4 Å². The van der Waals surface area contributed by atoms with Gasteiger partial charge in [0.05, 0.1) is 32.8 Å². The van der Waals surface area contributed by atoms with E-state index in [9.17, 15) is 19.2 Å². The molecule has 0 aliphatic heterocycles. The van der Waals surface area contributed by atoms with E-state index in [0.717, 1.165) is 5.56 Å². The summed E-state index contributed by atoms with van der Waals surface area (Å²) < 4.78 is 26.2. The van der Waals surface area contributed by atoms with Crippen molar-refractivity contribution >= 4 is 24.1 Å². The Kier molecular flexibility index (Phi) is 11.0. The molecular weight excluding hydrogens is 484 g/mol. The maximum absolute atomic E-state index is 13.1. The van der Waals surface area contributed by atoms with E-state index in [-0.39, 0.29) is 23.8 Å². The average Bonchev–Trinajstić information content (AvgIpc) is 2.90. The Bertz CT molecular complexity index is 1080. The Morgan fingerprint density at radius 3 is 2.43 bits per heavy atom. The maximum atomic E-state index is 13.1. The Morgan fingerprint density at radius 2 is 1.84 bits per heavy atom. The molecule has 0 fully saturated rings. The van der Waals surface area contributed by atoms with Gasteiger partial charge in [-0.1, -0.05) is 30.3 Å². The Morgan fingerprint density at radius 1 is 1.14 bits per heavy atom. The molecule has 3 atom stereocenters. The number of carbonyl (C=O) groups is 4. The first-order valence-electron chi connectivity index (χ1n) is 11.5. The van der Waals surface area contributed by atoms with Gasteiger partial charge >= 0.3 is 11.9 Å². The van der Waals surface area contributed by atoms with E-state index in [1.807, 2.05) is 30.3 Å². The standard InChI is InChI=1S/C26H32N2O9/c1-17(20(25(32)34-5)13-19-9-7-6-8-10-19)35-15-26(3,14-29)28-24(31)22-23(37-16-36-18(2)30)21(33-4)11-12-27-22/h6-12,14,17,20H,13,15-16H2,1-5H3,(H,28,31)/t17-,20-,26+/m0/s1. The number of nitrogens with one attached hydrogen (secondary N) is 1. The van der Waals surface area contributed by atoms with Gasteiger partial charge < -0.3 is 33.8 Å². The third kappa shape index (κ3) is 8.57. The molecule has 0 saturated carbocycles. The third-order valence-electron chi connectivity index (χ3n) is 5.44. The SMILES string of the molecule is COC(=O)[C@@H](Cc1ccccc1)[C@H](C)OC[C@@](C)(C=O)NC(=O)c1nccc(OC)c1OCOC(C)=O. The number of hydrogen-bond donors (Lipinski definition) is 1. The van der Waals surface area contributed by atoms with Gasteiger partial charge in [0.25, 0.3) is 5.91 Å². The van der Waals surface area contributed by atoms with Crippen LogP contribution in [0.25, 0.3) is 0 Å². The molecular formula is C26H32N2O9. The molecule has 1 aromatic heterocycles. The molecule has 0 spiro atoms. The number of esters is 2. The van der Waals surface area contributed by atoms with Gasteiger partial charge in [-0.05, 0) is 25.8 Å². The molecule has 0 aliphatic carbocycles. The Labute approximate surface area is 215 Å². The zero-order valence-corrected chi connectivity index (χ0v) is 21.5. The van der Waals surface area contributed by atoms with Crippen LogP contribution in [0.3, 0.4) is 0 Å². The average molecular weight is 517 g/mol. The van der Waals surface area contributed by atoms with Crippen LogP contribution in [-0.2, 0) is 35.0 Å². The first kappa shape index (κ1) is 29.2. The molecule has 37 heavy (non-hydrogen) atoms. The van der Waals surface area contributed by atoms with Crippen molar-refractivity contribution in [3.63, 3.8) is 0 Å². The van der Waals surface area contributed by atoms with E-state index in [1.54, 1.807) is 6.92 Å². The molecule has 200 valence electrons. The molecule has 2 rings (SSSR count). The molecule has 0 radical (unpaired) electrons. The van der Waals surface area contributed by atoms with Gasteiger partial charge in [0.1, 0.15) is 11.8 Å². The van der Waals surface area contributed by atoms with Crippen LogP contribution in [0.15, 0.2) is 42.6 Å². The van der Waals surface area contributed by atoms with E-state index in [2.05, 4.69) is 10.3 Å². The molecule has 1 aromatic carbocycles. The van der Waals surface area contributed by atoms with E-state index in [1.165, 1.54) is 40.3 Å². The van der Waals surface area contributed by atoms with E-state index in [4.69, 9.17) is 23.7 Å². The minimum Gasteiger partial charge on any atom is -0.493 e. The smallest absolute Gasteiger partial charge is 0.311 e. The summed E-state index contributed by atoms with van der Waals surface area (Å²) in [4.78, 5) is 52.6. The summed E-state index contributed by atoms with van der Waals surface area (Å²) in [6.07, 6.45) is 1.59. The highest BCUT2D eigenvalue weighted by molar-refractivity contribution is 5.97. The number of rotatable bonds is 14. The lowest BCUT2D eigenvalue weighted by atomic mass is 9.94. The zero-order chi connectivity index (χ0) is 27.4. The Hall–Kier alpha value is -3.99. The first-order chi connectivity index (χ1) is 17.6. The number of nitrogens with zero attached hydrogens (tertiary/aromatic N) is 1. The van der Waals surface area contributed by atoms with Crippen molar-refractivity contribution in [3.8, 4) is 11.5 Å². The Balaban J connectivity index is 2.15. The molecule has 2 aromatic rings. The van der Waals surface area contributed by atoms with Crippen LogP contribution in [0.5, 0.6) is 11.5 Å². The largest absolute Gasteiger partial charge is 0.493 e. The fourth-order valence-electron chi connectivity index (χ4n) is 3.36. The van der Waals surface area contributed by atoms with E-state index in [0.29, 0.717) is 12.7 Å². The van der Waals surface area contributed by atoms with Crippen molar-refractivity contribution in [1.29, 1.82) is 0 Å². The van der Waals surface area contributed by atoms with Crippen molar-refractivity contribution in [3.05, 3.63) is 53.9 Å². The van der Waals surface area contributed by atoms with Crippen molar-refractivity contribution < 1.29 is 42.9 Å². The lowest BCUT2D eigenvalue weighted by molar-refractivity contribution is -0.151. The van der Waals surface area contributed by atoms with Crippen LogP contribution >= 0.6 is 0 Å². The molecule has 0 bridgehead atoms. The van der Waals surface area contributed by atoms with Gasteiger partial charge in [-0.3, -0.25) is 14.4 Å². The van der Waals surface area contributed by atoms with Crippen LogP contribution < -0.4 is 14.8 Å². The van der Waals surface area contributed by atoms with Gasteiger partial charge in [-0.25, -0.2) is 4.98 Å². The second-order valence-corrected chi connectivity index (χ2v) is 8.41. The highest BCUT2D eigenvalue weighted by atomic mass is 16.7. The molecule has 1 amide bonds. The van der Waals surface area contributed by atoms with Gasteiger partial charge in [0, 0.05) is 19.2 Å². The first-order valence-corrected chi connectivity index (χ1v) is 11.5. The minimum atomic E-state index is -1.48. The number of methoxy groups -OCH3 is 2. The van der Waals surface area contributed by atoms with Crippen LogP contribution in [0.4, 0.5) is 0 Å². The number of aromatic nitrogens is 1. The fraction of sp³-hybridized carbons (Fsp3) is 0.423. The second-order valence-electron chi connectivity index (χ2n) is 8.41. The highest BCUT2D eigenvalue weighted by Crippen LogP contribution is 2.30. The number of hydrogen-bond acceptors (Lipinski definition) is 10. The lowest BCUT2D eigenvalue weighted by Gasteiger charge is -2.29. The normalized spacial score (nSPS) is 13.9. The number of carbonyl (C=O) groups excluding carboxylic acids is 4. The molecule has 1 heterocycles. The summed E-state index contributed by atoms with van der Waals surface area (Å²) in [6, 6.07) is 10.8. The van der Waals surface area contributed by atoms with Crippen molar-refractivity contribution in [1.82, 2.24) is 10.3 Å². The summed E-state index contributed by atoms with van der Waals surface area (Å²) in [5.41, 5.74) is -0.745. The van der Waals surface area contributed by atoms with Gasteiger partial charge in [-0.2, -0.15) is 0 Å². The van der Waals surface area contributed by atoms with E-state index < -0.39 is 42.2 Å². The molecule has 0 saturated heterocycles. The zero-order valence-electron chi connectivity index (χ0n) is 21.5. The van der Waals surface area contributed by atoms with Crippen LogP contribution in [0.1, 0.15) is 36.8 Å². The van der Waals surface area contributed by atoms with Crippen molar-refractivity contribution in [2.45, 2.75) is 38.8 Å². The third-order valence-corrected chi connectivity index (χ3v) is 5.44. The predicted molar refractivity (Wildman–Crippen MR) is 131 cm³/mol. The fourth-order valence-corrected chi connectivity index (χ4v) is 3.36. The summed E-state index contributed by atoms with van der Waals surface area (Å²) in [7, 11) is 2.67. The van der Waals surface area contributed by atoms with Gasteiger partial charge in [0.15, 0.2) is 17.2 Å². The van der Waals surface area contributed by atoms with Crippen LogP contribution in [0, 0.1) is 5.92 Å². The molecule has 11 nitrogen and oxygen atoms in total. The predicted octanol–water partition coefficient (Wildman–Crippen LogP) is 2.11. The molecule has 1 N–H and O–H groups in total. The second kappa shape index (κ2) is 13.9. The van der Waals surface area contributed by atoms with Crippen molar-refractivity contribution in [2.24, 2.45) is 5.92 Å². The number of aldehydes is 1. The van der Waals surface area contributed by atoms with Crippen molar-refractivity contribution in [2.75, 3.05) is 27.6 Å².